The molecule has 3 amide bonds. The van der Waals surface area contributed by atoms with Crippen LogP contribution in [0.1, 0.15) is 44.7 Å². The van der Waals surface area contributed by atoms with Crippen LogP contribution in [0.15, 0.2) is 53.4 Å². The first kappa shape index (κ1) is 36.4. The number of nitrogens with zero attached hydrogens (tertiary/aromatic N) is 2. The van der Waals surface area contributed by atoms with Crippen molar-refractivity contribution in [3.8, 4) is 5.75 Å². The molecular formula is C33H48N4O9S. The lowest BCUT2D eigenvalue weighted by atomic mass is 9.82. The number of carbonyl (C=O) groups excluding carboxylic acids is 2. The van der Waals surface area contributed by atoms with Crippen LogP contribution in [0.2, 0.25) is 0 Å². The smallest absolute Gasteiger partial charge is 0.408 e. The Morgan fingerprint density at radius 2 is 1.85 bits per heavy atom. The second-order valence-electron chi connectivity index (χ2n) is 13.0. The molecule has 2 heterocycles. The van der Waals surface area contributed by atoms with Crippen molar-refractivity contribution in [2.75, 3.05) is 41.0 Å². The first-order chi connectivity index (χ1) is 22.2. The van der Waals surface area contributed by atoms with Crippen molar-refractivity contribution in [1.29, 1.82) is 0 Å². The molecule has 3 N–H and O–H groups in total. The average Bonchev–Trinajstić information content (AvgIpc) is 3.64. The first-order valence-corrected chi connectivity index (χ1v) is 17.2. The molecule has 2 aromatic carbocycles. The number of carbonyl (C=O) groups is 2. The summed E-state index contributed by atoms with van der Waals surface area (Å²) >= 11 is 0. The van der Waals surface area contributed by atoms with Gasteiger partial charge >= 0.3 is 12.1 Å². The number of methoxy groups -OCH3 is 1. The molecule has 0 aliphatic carbocycles. The van der Waals surface area contributed by atoms with Gasteiger partial charge in [-0.05, 0) is 60.9 Å². The Hall–Kier alpha value is -3.43. The maximum absolute atomic E-state index is 14.5. The van der Waals surface area contributed by atoms with Gasteiger partial charge in [0.05, 0.1) is 37.2 Å². The molecule has 0 saturated carbocycles. The van der Waals surface area contributed by atoms with Crippen molar-refractivity contribution >= 4 is 22.1 Å². The predicted octanol–water partition coefficient (Wildman–Crippen LogP) is 3.31. The summed E-state index contributed by atoms with van der Waals surface area (Å²) in [5.74, 6) is 0.409. The lowest BCUT2D eigenvalue weighted by Crippen LogP contribution is -2.56. The van der Waals surface area contributed by atoms with E-state index in [0.29, 0.717) is 49.3 Å². The maximum atomic E-state index is 14.5. The summed E-state index contributed by atoms with van der Waals surface area (Å²) in [6.45, 7) is 6.45. The van der Waals surface area contributed by atoms with Gasteiger partial charge in [0.25, 0.3) is 0 Å². The third kappa shape index (κ3) is 9.35. The van der Waals surface area contributed by atoms with Crippen LogP contribution in [0.5, 0.6) is 5.75 Å². The van der Waals surface area contributed by atoms with Gasteiger partial charge in [0.2, 0.25) is 10.0 Å². The summed E-state index contributed by atoms with van der Waals surface area (Å²) < 4.78 is 52.4. The maximum Gasteiger partial charge on any atom is 0.408 e. The van der Waals surface area contributed by atoms with Crippen LogP contribution >= 0.6 is 0 Å². The highest BCUT2D eigenvalue weighted by atomic mass is 32.2. The van der Waals surface area contributed by atoms with Crippen LogP contribution in [0, 0.1) is 11.3 Å². The second-order valence-corrected chi connectivity index (χ2v) is 14.9. The lowest BCUT2D eigenvalue weighted by molar-refractivity contribution is -0.0907. The van der Waals surface area contributed by atoms with Crippen molar-refractivity contribution < 1.29 is 42.1 Å². The molecule has 5 atom stereocenters. The van der Waals surface area contributed by atoms with Gasteiger partial charge in [-0.15, -0.1) is 0 Å². The zero-order chi connectivity index (χ0) is 34.4. The minimum Gasteiger partial charge on any atom is -0.496 e. The summed E-state index contributed by atoms with van der Waals surface area (Å²) in [6.07, 6.45) is -2.77. The molecule has 4 rings (SSSR count). The molecule has 13 nitrogen and oxygen atoms in total. The third-order valence-electron chi connectivity index (χ3n) is 8.47. The Morgan fingerprint density at radius 3 is 2.51 bits per heavy atom. The Labute approximate surface area is 277 Å². The van der Waals surface area contributed by atoms with Crippen LogP contribution in [-0.4, -0.2) is 100 Å². The average molecular weight is 677 g/mol. The minimum atomic E-state index is -4.33. The zero-order valence-electron chi connectivity index (χ0n) is 28.0. The number of hydrogen-bond donors (Lipinski definition) is 3. The van der Waals surface area contributed by atoms with E-state index in [1.54, 1.807) is 50.5 Å². The number of urea groups is 1. The molecular weight excluding hydrogens is 628 g/mol. The largest absolute Gasteiger partial charge is 0.496 e. The number of fused-ring (bicyclic) bond motifs is 1. The quantitative estimate of drug-likeness (QED) is 0.256. The number of hydrogen-bond acceptors (Lipinski definition) is 9. The number of amides is 3. The molecule has 47 heavy (non-hydrogen) atoms. The monoisotopic (exact) mass is 676 g/mol. The van der Waals surface area contributed by atoms with Crippen LogP contribution in [-0.2, 0) is 37.2 Å². The molecule has 2 aromatic rings. The molecule has 2 fully saturated rings. The van der Waals surface area contributed by atoms with Gasteiger partial charge in [0, 0.05) is 27.2 Å². The van der Waals surface area contributed by atoms with Gasteiger partial charge in [-0.25, -0.2) is 18.0 Å². The molecule has 14 heteroatoms. The standard InChI is InChI=1S/C33H48N4O9S/c1-22(38)29(35-32(40)46-28-21-45-30-26(28)14-17-44-30)37(20-23-10-8-7-9-11-23)47(41,42)25-12-13-27(43-6)24(18-25)19-33(2,3)15-16-34-31(39)36(4)5/h7-13,18,22,26,28-30,38H,14-17,19-21H2,1-6H3,(H,34,39)(H,35,40)/t22-,26-,28-,29+,30+/m1/s1. The molecule has 2 saturated heterocycles. The second kappa shape index (κ2) is 15.6. The summed E-state index contributed by atoms with van der Waals surface area (Å²) in [6, 6.07) is 13.4. The number of nitrogens with one attached hydrogen (secondary N) is 2. The van der Waals surface area contributed by atoms with Crippen molar-refractivity contribution in [3.05, 3.63) is 59.7 Å². The van der Waals surface area contributed by atoms with Crippen molar-refractivity contribution in [1.82, 2.24) is 19.8 Å². The van der Waals surface area contributed by atoms with Crippen molar-refractivity contribution in [2.24, 2.45) is 11.3 Å². The van der Waals surface area contributed by atoms with E-state index < -0.39 is 40.8 Å². The Balaban J connectivity index is 1.61. The normalized spacial score (nSPS) is 20.7. The highest BCUT2D eigenvalue weighted by Gasteiger charge is 2.44. The predicted molar refractivity (Wildman–Crippen MR) is 174 cm³/mol. The Bertz CT molecular complexity index is 1470. The molecule has 260 valence electrons. The van der Waals surface area contributed by atoms with E-state index in [1.165, 1.54) is 25.0 Å². The van der Waals surface area contributed by atoms with E-state index in [1.807, 2.05) is 19.9 Å². The van der Waals surface area contributed by atoms with Gasteiger partial charge < -0.3 is 39.6 Å². The van der Waals surface area contributed by atoms with Crippen molar-refractivity contribution in [3.63, 3.8) is 0 Å². The third-order valence-corrected chi connectivity index (χ3v) is 10.3. The van der Waals surface area contributed by atoms with Gasteiger partial charge in [-0.1, -0.05) is 44.2 Å². The molecule has 2 aliphatic heterocycles. The number of benzene rings is 2. The number of alkyl carbamates (subject to hydrolysis) is 1. The number of ether oxygens (including phenoxy) is 4. The van der Waals surface area contributed by atoms with Crippen molar-refractivity contribution in [2.45, 2.75) is 76.1 Å². The molecule has 0 spiro atoms. The number of aliphatic hydroxyl groups excluding tert-OH is 1. The lowest BCUT2D eigenvalue weighted by Gasteiger charge is -2.34. The highest BCUT2D eigenvalue weighted by Crippen LogP contribution is 2.35. The fraction of sp³-hybridized carbons (Fsp3) is 0.576. The van der Waals surface area contributed by atoms with E-state index in [9.17, 15) is 23.1 Å². The highest BCUT2D eigenvalue weighted by molar-refractivity contribution is 7.89. The SMILES string of the molecule is COc1ccc(S(=O)(=O)N(Cc2ccccc2)[C@H](NC(=O)O[C@@H]2CO[C@@H]3OCC[C@@H]32)[C@@H](C)O)cc1CC(C)(C)CCNC(=O)N(C)C. The van der Waals surface area contributed by atoms with Gasteiger partial charge in [-0.2, -0.15) is 4.31 Å². The molecule has 0 bridgehead atoms. The number of sulfonamides is 1. The first-order valence-electron chi connectivity index (χ1n) is 15.8. The summed E-state index contributed by atoms with van der Waals surface area (Å²) in [7, 11) is 0.530. The fourth-order valence-electron chi connectivity index (χ4n) is 5.83. The van der Waals surface area contributed by atoms with Crippen LogP contribution in [0.3, 0.4) is 0 Å². The van der Waals surface area contributed by atoms with Crippen LogP contribution in [0.4, 0.5) is 9.59 Å². The molecule has 0 unspecified atom stereocenters. The summed E-state index contributed by atoms with van der Waals surface area (Å²) in [5, 5.41) is 16.4. The summed E-state index contributed by atoms with van der Waals surface area (Å²) in [4.78, 5) is 26.6. The van der Waals surface area contributed by atoms with Gasteiger partial charge in [0.15, 0.2) is 6.29 Å². The van der Waals surface area contributed by atoms with E-state index in [0.717, 1.165) is 4.31 Å². The summed E-state index contributed by atoms with van der Waals surface area (Å²) in [5.41, 5.74) is 0.981. The molecule has 0 aromatic heterocycles. The van der Waals surface area contributed by atoms with E-state index >= 15 is 0 Å². The molecule has 2 aliphatic rings. The Morgan fingerprint density at radius 1 is 1.13 bits per heavy atom. The van der Waals surface area contributed by atoms with Gasteiger partial charge in [0.1, 0.15) is 18.0 Å². The van der Waals surface area contributed by atoms with Crippen LogP contribution < -0.4 is 15.4 Å². The number of aliphatic hydroxyl groups is 1. The van der Waals surface area contributed by atoms with E-state index in [-0.39, 0.29) is 35.4 Å². The topological polar surface area (TPSA) is 156 Å². The van der Waals surface area contributed by atoms with Crippen LogP contribution in [0.25, 0.3) is 0 Å². The number of rotatable bonds is 14. The fourth-order valence-corrected chi connectivity index (χ4v) is 7.48. The Kier molecular flexibility index (Phi) is 12.1. The van der Waals surface area contributed by atoms with Gasteiger partial charge in [-0.3, -0.25) is 0 Å². The minimum absolute atomic E-state index is 0.0306. The van der Waals surface area contributed by atoms with E-state index in [4.69, 9.17) is 18.9 Å². The zero-order valence-corrected chi connectivity index (χ0v) is 28.8. The van der Waals surface area contributed by atoms with E-state index in [2.05, 4.69) is 10.6 Å². The molecule has 0 radical (unpaired) electrons.